The van der Waals surface area contributed by atoms with Crippen molar-refractivity contribution < 1.29 is 14.0 Å². The van der Waals surface area contributed by atoms with Gasteiger partial charge in [0, 0.05) is 51.4 Å². The first-order chi connectivity index (χ1) is 13.2. The summed E-state index contributed by atoms with van der Waals surface area (Å²) < 4.78 is 15.7. The molecule has 0 unspecified atom stereocenters. The molecule has 1 saturated heterocycles. The van der Waals surface area contributed by atoms with Crippen LogP contribution >= 0.6 is 24.0 Å². The van der Waals surface area contributed by atoms with Crippen LogP contribution in [0.2, 0.25) is 0 Å². The van der Waals surface area contributed by atoms with Crippen LogP contribution in [-0.2, 0) is 13.1 Å². The van der Waals surface area contributed by atoms with Crippen molar-refractivity contribution >= 4 is 29.9 Å². The molecule has 0 saturated carbocycles. The molecule has 9 heteroatoms. The van der Waals surface area contributed by atoms with Crippen molar-refractivity contribution in [3.05, 3.63) is 41.8 Å². The number of guanidine groups is 1. The molecule has 2 aromatic rings. The second kappa shape index (κ2) is 11.1. The Kier molecular flexibility index (Phi) is 8.84. The zero-order valence-corrected chi connectivity index (χ0v) is 18.9. The van der Waals surface area contributed by atoms with E-state index in [-0.39, 0.29) is 24.0 Å². The third kappa shape index (κ3) is 5.74. The Hall–Kier alpha value is -2.01. The van der Waals surface area contributed by atoms with E-state index in [0.717, 1.165) is 61.4 Å². The molecule has 28 heavy (non-hydrogen) atoms. The first-order valence-corrected chi connectivity index (χ1v) is 9.01. The van der Waals surface area contributed by atoms with Crippen molar-refractivity contribution in [2.45, 2.75) is 13.1 Å². The number of piperazine rings is 1. The monoisotopic (exact) mass is 501 g/mol. The molecule has 0 amide bonds. The fourth-order valence-electron chi connectivity index (χ4n) is 3.19. The number of hydrogen-bond donors (Lipinski definition) is 1. The molecular weight excluding hydrogens is 473 g/mol. The lowest BCUT2D eigenvalue weighted by molar-refractivity contribution is 0.171. The maximum Gasteiger partial charge on any atom is 0.194 e. The number of halogens is 1. The Morgan fingerprint density at radius 1 is 1.18 bits per heavy atom. The van der Waals surface area contributed by atoms with E-state index >= 15 is 0 Å². The molecule has 0 bridgehead atoms. The van der Waals surface area contributed by atoms with Crippen molar-refractivity contribution in [2.24, 2.45) is 4.99 Å². The van der Waals surface area contributed by atoms with Crippen LogP contribution in [0, 0.1) is 0 Å². The average Bonchev–Trinajstić information content (AvgIpc) is 3.23. The van der Waals surface area contributed by atoms with Gasteiger partial charge >= 0.3 is 0 Å². The maximum atomic E-state index is 5.50. The number of methoxy groups -OCH3 is 2. The molecule has 3 rings (SSSR count). The summed E-state index contributed by atoms with van der Waals surface area (Å²) in [6.07, 6.45) is 1.57. The lowest BCUT2D eigenvalue weighted by Gasteiger charge is -2.36. The van der Waals surface area contributed by atoms with Crippen LogP contribution in [0.1, 0.15) is 11.3 Å². The summed E-state index contributed by atoms with van der Waals surface area (Å²) in [7, 11) is 5.19. The lowest BCUT2D eigenvalue weighted by Crippen LogP contribution is -2.52. The number of aliphatic imine (C=N–C) groups is 1. The van der Waals surface area contributed by atoms with Gasteiger partial charge in [0.25, 0.3) is 0 Å². The van der Waals surface area contributed by atoms with E-state index in [1.54, 1.807) is 27.5 Å². The van der Waals surface area contributed by atoms with E-state index in [1.807, 2.05) is 24.3 Å². The van der Waals surface area contributed by atoms with Gasteiger partial charge in [0.1, 0.15) is 23.5 Å². The lowest BCUT2D eigenvalue weighted by atomic mass is 10.1. The summed E-state index contributed by atoms with van der Waals surface area (Å²) in [6.45, 7) is 5.15. The van der Waals surface area contributed by atoms with Gasteiger partial charge in [-0.25, -0.2) is 0 Å². The molecular formula is C19H28IN5O3. The van der Waals surface area contributed by atoms with Crippen molar-refractivity contribution in [3.63, 3.8) is 0 Å². The smallest absolute Gasteiger partial charge is 0.194 e. The molecule has 0 atom stereocenters. The topological polar surface area (TPSA) is 75.4 Å². The largest absolute Gasteiger partial charge is 0.497 e. The van der Waals surface area contributed by atoms with Gasteiger partial charge in [-0.15, -0.1) is 24.0 Å². The molecule has 1 fully saturated rings. The number of aromatic nitrogens is 1. The van der Waals surface area contributed by atoms with Gasteiger partial charge in [0.15, 0.2) is 5.96 Å². The van der Waals surface area contributed by atoms with Crippen molar-refractivity contribution in [1.29, 1.82) is 0 Å². The van der Waals surface area contributed by atoms with Crippen LogP contribution in [0.15, 0.2) is 40.0 Å². The third-order valence-corrected chi connectivity index (χ3v) is 4.68. The van der Waals surface area contributed by atoms with Gasteiger partial charge in [0.2, 0.25) is 0 Å². The Morgan fingerprint density at radius 3 is 2.57 bits per heavy atom. The van der Waals surface area contributed by atoms with E-state index in [4.69, 9.17) is 14.0 Å². The first kappa shape index (κ1) is 22.3. The van der Waals surface area contributed by atoms with Crippen LogP contribution in [-0.4, -0.2) is 68.4 Å². The van der Waals surface area contributed by atoms with E-state index < -0.39 is 0 Å². The van der Waals surface area contributed by atoms with Gasteiger partial charge in [-0.1, -0.05) is 5.16 Å². The van der Waals surface area contributed by atoms with Gasteiger partial charge < -0.3 is 24.2 Å². The highest BCUT2D eigenvalue weighted by molar-refractivity contribution is 14.0. The quantitative estimate of drug-likeness (QED) is 0.370. The van der Waals surface area contributed by atoms with Crippen molar-refractivity contribution in [2.75, 3.05) is 47.4 Å². The van der Waals surface area contributed by atoms with Crippen LogP contribution in [0.4, 0.5) is 0 Å². The van der Waals surface area contributed by atoms with Crippen LogP contribution in [0.5, 0.6) is 11.5 Å². The number of benzene rings is 1. The second-order valence-corrected chi connectivity index (χ2v) is 6.33. The minimum Gasteiger partial charge on any atom is -0.497 e. The highest BCUT2D eigenvalue weighted by atomic mass is 127. The molecule has 2 heterocycles. The fraction of sp³-hybridized carbons (Fsp3) is 0.474. The van der Waals surface area contributed by atoms with Crippen LogP contribution < -0.4 is 14.8 Å². The minimum atomic E-state index is 0. The number of rotatable bonds is 6. The molecule has 1 aromatic heterocycles. The number of nitrogens with one attached hydrogen (secondary N) is 1. The highest BCUT2D eigenvalue weighted by Gasteiger charge is 2.21. The standard InChI is InChI=1S/C19H27N5O3.HI/c1-20-19(21-13-16-6-11-27-22-16)24-9-7-23(8-10-24)14-15-12-17(25-2)4-5-18(15)26-3;/h4-6,11-12H,7-10,13-14H2,1-3H3,(H,20,21);1H. The molecule has 0 radical (unpaired) electrons. The van der Waals surface area contributed by atoms with Gasteiger partial charge in [-0.3, -0.25) is 9.89 Å². The SMILES string of the molecule is CN=C(NCc1ccon1)N1CCN(Cc2cc(OC)ccc2OC)CC1.I. The van der Waals surface area contributed by atoms with Crippen molar-refractivity contribution in [3.8, 4) is 11.5 Å². The van der Waals surface area contributed by atoms with E-state index in [0.29, 0.717) is 6.54 Å². The summed E-state index contributed by atoms with van der Waals surface area (Å²) >= 11 is 0. The summed E-state index contributed by atoms with van der Waals surface area (Å²) in [5.41, 5.74) is 2.00. The van der Waals surface area contributed by atoms with E-state index in [2.05, 4.69) is 25.3 Å². The molecule has 0 aliphatic carbocycles. The summed E-state index contributed by atoms with van der Waals surface area (Å²) in [5, 5.41) is 7.25. The molecule has 1 aliphatic heterocycles. The van der Waals surface area contributed by atoms with Gasteiger partial charge in [0.05, 0.1) is 20.8 Å². The number of ether oxygens (including phenoxy) is 2. The average molecular weight is 501 g/mol. The van der Waals surface area contributed by atoms with E-state index in [9.17, 15) is 0 Å². The van der Waals surface area contributed by atoms with Crippen LogP contribution in [0.3, 0.4) is 0 Å². The summed E-state index contributed by atoms with van der Waals surface area (Å²) in [6, 6.07) is 7.77. The Morgan fingerprint density at radius 2 is 1.96 bits per heavy atom. The van der Waals surface area contributed by atoms with Gasteiger partial charge in [-0.05, 0) is 18.2 Å². The molecule has 1 aliphatic rings. The molecule has 0 spiro atoms. The normalized spacial score (nSPS) is 15.1. The highest BCUT2D eigenvalue weighted by Crippen LogP contribution is 2.25. The van der Waals surface area contributed by atoms with Crippen molar-refractivity contribution in [1.82, 2.24) is 20.3 Å². The predicted molar refractivity (Wildman–Crippen MR) is 119 cm³/mol. The molecule has 8 nitrogen and oxygen atoms in total. The van der Waals surface area contributed by atoms with Crippen LogP contribution in [0.25, 0.3) is 0 Å². The third-order valence-electron chi connectivity index (χ3n) is 4.68. The zero-order chi connectivity index (χ0) is 19.1. The summed E-state index contributed by atoms with van der Waals surface area (Å²) in [5.74, 6) is 2.63. The molecule has 1 aromatic carbocycles. The first-order valence-electron chi connectivity index (χ1n) is 9.01. The Labute approximate surface area is 182 Å². The summed E-state index contributed by atoms with van der Waals surface area (Å²) in [4.78, 5) is 9.07. The predicted octanol–water partition coefficient (Wildman–Crippen LogP) is 2.20. The number of nitrogens with zero attached hydrogens (tertiary/aromatic N) is 4. The Balaban J connectivity index is 0.00000280. The molecule has 154 valence electrons. The van der Waals surface area contributed by atoms with E-state index in [1.165, 1.54) is 0 Å². The Bertz CT molecular complexity index is 746. The zero-order valence-electron chi connectivity index (χ0n) is 16.6. The number of hydrogen-bond acceptors (Lipinski definition) is 6. The fourth-order valence-corrected chi connectivity index (χ4v) is 3.19. The minimum absolute atomic E-state index is 0. The van der Waals surface area contributed by atoms with Gasteiger partial charge in [-0.2, -0.15) is 0 Å². The second-order valence-electron chi connectivity index (χ2n) is 6.33. The molecule has 1 N–H and O–H groups in total. The maximum absolute atomic E-state index is 5.50.